The highest BCUT2D eigenvalue weighted by atomic mass is 32.2. The van der Waals surface area contributed by atoms with E-state index in [9.17, 15) is 8.42 Å². The average molecular weight is 378 g/mol. The summed E-state index contributed by atoms with van der Waals surface area (Å²) in [7, 11) is 1.72. The molecule has 0 saturated carbocycles. The van der Waals surface area contributed by atoms with Gasteiger partial charge in [0, 0.05) is 20.6 Å². The van der Waals surface area contributed by atoms with Crippen LogP contribution < -0.4 is 14.4 Å². The largest absolute Gasteiger partial charge is 0.497 e. The van der Waals surface area contributed by atoms with E-state index in [4.69, 9.17) is 9.47 Å². The first-order chi connectivity index (χ1) is 12.4. The van der Waals surface area contributed by atoms with Crippen LogP contribution in [0.1, 0.15) is 6.42 Å². The van der Waals surface area contributed by atoms with Crippen molar-refractivity contribution in [3.05, 3.63) is 36.7 Å². The lowest BCUT2D eigenvalue weighted by Crippen LogP contribution is -2.31. The molecule has 1 aliphatic heterocycles. The predicted octanol–water partition coefficient (Wildman–Crippen LogP) is 1.39. The van der Waals surface area contributed by atoms with Crippen molar-refractivity contribution in [3.63, 3.8) is 0 Å². The number of hydrogen-bond acceptors (Lipinski definition) is 7. The van der Waals surface area contributed by atoms with Crippen molar-refractivity contribution < 1.29 is 17.9 Å². The Morgan fingerprint density at radius 2 is 1.92 bits per heavy atom. The highest BCUT2D eigenvalue weighted by Gasteiger charge is 2.34. The molecular formula is C17H22N4O4S. The molecule has 1 aromatic carbocycles. The number of methoxy groups -OCH3 is 1. The monoisotopic (exact) mass is 378 g/mol. The molecule has 1 fully saturated rings. The molecule has 2 heterocycles. The Kier molecular flexibility index (Phi) is 5.28. The summed E-state index contributed by atoms with van der Waals surface area (Å²) < 4.78 is 37.9. The standard InChI is InChI=1S/C17H22N4O4S/c1-20(2)16-10-18-11-17(19-16)25-14-8-9-21(12-14)26(22,23)15-6-4-13(24-3)5-7-15/h4-7,10-11,14H,8-9,12H2,1-3H3/t14-/m0/s1. The van der Waals surface area contributed by atoms with Crippen LogP contribution in [-0.4, -0.2) is 63.1 Å². The van der Waals surface area contributed by atoms with E-state index in [1.165, 1.54) is 10.5 Å². The summed E-state index contributed by atoms with van der Waals surface area (Å²) in [5.74, 6) is 1.69. The Labute approximate surface area is 153 Å². The molecule has 3 rings (SSSR count). The van der Waals surface area contributed by atoms with Crippen LogP contribution >= 0.6 is 0 Å². The fourth-order valence-corrected chi connectivity index (χ4v) is 4.18. The van der Waals surface area contributed by atoms with Crippen molar-refractivity contribution in [3.8, 4) is 11.6 Å². The Morgan fingerprint density at radius 1 is 1.19 bits per heavy atom. The molecule has 26 heavy (non-hydrogen) atoms. The molecule has 1 aliphatic rings. The molecule has 2 aromatic rings. The van der Waals surface area contributed by atoms with Gasteiger partial charge in [-0.3, -0.25) is 4.98 Å². The van der Waals surface area contributed by atoms with E-state index in [-0.39, 0.29) is 17.5 Å². The lowest BCUT2D eigenvalue weighted by atomic mass is 10.3. The van der Waals surface area contributed by atoms with E-state index < -0.39 is 10.0 Å². The van der Waals surface area contributed by atoms with Crippen LogP contribution in [0.5, 0.6) is 11.6 Å². The number of benzene rings is 1. The number of anilines is 1. The maximum absolute atomic E-state index is 12.8. The summed E-state index contributed by atoms with van der Waals surface area (Å²) in [5.41, 5.74) is 0. The SMILES string of the molecule is COc1ccc(S(=O)(=O)N2CC[C@H](Oc3cncc(N(C)C)n3)C2)cc1. The molecule has 0 radical (unpaired) electrons. The minimum Gasteiger partial charge on any atom is -0.497 e. The van der Waals surface area contributed by atoms with Gasteiger partial charge in [0.25, 0.3) is 0 Å². The molecule has 0 bridgehead atoms. The molecule has 0 amide bonds. The van der Waals surface area contributed by atoms with E-state index in [0.29, 0.717) is 30.4 Å². The van der Waals surface area contributed by atoms with E-state index in [0.717, 1.165) is 0 Å². The second-order valence-electron chi connectivity index (χ2n) is 6.18. The van der Waals surface area contributed by atoms with Crippen LogP contribution in [0.2, 0.25) is 0 Å². The Morgan fingerprint density at radius 3 is 2.58 bits per heavy atom. The summed E-state index contributed by atoms with van der Waals surface area (Å²) in [6.07, 6.45) is 3.52. The normalized spacial score (nSPS) is 17.9. The van der Waals surface area contributed by atoms with Gasteiger partial charge in [-0.1, -0.05) is 0 Å². The van der Waals surface area contributed by atoms with Gasteiger partial charge in [-0.15, -0.1) is 0 Å². The first kappa shape index (κ1) is 18.4. The fraction of sp³-hybridized carbons (Fsp3) is 0.412. The van der Waals surface area contributed by atoms with Gasteiger partial charge < -0.3 is 14.4 Å². The second kappa shape index (κ2) is 7.46. The third kappa shape index (κ3) is 3.88. The quantitative estimate of drug-likeness (QED) is 0.751. The summed E-state index contributed by atoms with van der Waals surface area (Å²) >= 11 is 0. The van der Waals surface area contributed by atoms with Crippen LogP contribution in [0.4, 0.5) is 5.82 Å². The number of sulfonamides is 1. The summed E-state index contributed by atoms with van der Waals surface area (Å²) in [5, 5.41) is 0. The van der Waals surface area contributed by atoms with Crippen LogP contribution in [0.25, 0.3) is 0 Å². The summed E-state index contributed by atoms with van der Waals surface area (Å²) in [6.45, 7) is 0.683. The first-order valence-electron chi connectivity index (χ1n) is 8.20. The van der Waals surface area contributed by atoms with E-state index in [1.54, 1.807) is 37.6 Å². The number of ether oxygens (including phenoxy) is 2. The van der Waals surface area contributed by atoms with Crippen molar-refractivity contribution in [1.29, 1.82) is 0 Å². The topological polar surface area (TPSA) is 84.9 Å². The Balaban J connectivity index is 1.68. The molecule has 1 saturated heterocycles. The number of rotatable bonds is 6. The summed E-state index contributed by atoms with van der Waals surface area (Å²) in [4.78, 5) is 10.5. The van der Waals surface area contributed by atoms with Gasteiger partial charge in [0.1, 0.15) is 11.9 Å². The first-order valence-corrected chi connectivity index (χ1v) is 9.64. The molecule has 140 valence electrons. The van der Waals surface area contributed by atoms with Gasteiger partial charge in [0.2, 0.25) is 15.9 Å². The van der Waals surface area contributed by atoms with Gasteiger partial charge in [-0.05, 0) is 30.7 Å². The lowest BCUT2D eigenvalue weighted by Gasteiger charge is -2.18. The van der Waals surface area contributed by atoms with Gasteiger partial charge in [0.05, 0.1) is 30.9 Å². The Bertz CT molecular complexity index is 855. The van der Waals surface area contributed by atoms with Crippen molar-refractivity contribution in [1.82, 2.24) is 14.3 Å². The van der Waals surface area contributed by atoms with Crippen molar-refractivity contribution >= 4 is 15.8 Å². The molecule has 0 N–H and O–H groups in total. The Hall–Kier alpha value is -2.39. The van der Waals surface area contributed by atoms with Crippen LogP contribution in [0, 0.1) is 0 Å². The molecule has 9 heteroatoms. The third-order valence-corrected chi connectivity index (χ3v) is 6.03. The van der Waals surface area contributed by atoms with Gasteiger partial charge >= 0.3 is 0 Å². The zero-order chi connectivity index (χ0) is 18.7. The van der Waals surface area contributed by atoms with Gasteiger partial charge in [-0.25, -0.2) is 8.42 Å². The minimum absolute atomic E-state index is 0.244. The van der Waals surface area contributed by atoms with E-state index >= 15 is 0 Å². The molecule has 1 aromatic heterocycles. The van der Waals surface area contributed by atoms with Crippen molar-refractivity contribution in [2.75, 3.05) is 39.2 Å². The zero-order valence-electron chi connectivity index (χ0n) is 15.0. The lowest BCUT2D eigenvalue weighted by molar-refractivity contribution is 0.206. The number of hydrogen-bond donors (Lipinski definition) is 0. The van der Waals surface area contributed by atoms with Crippen LogP contribution in [-0.2, 0) is 10.0 Å². The van der Waals surface area contributed by atoms with Crippen LogP contribution in [0.15, 0.2) is 41.6 Å². The minimum atomic E-state index is -3.56. The highest BCUT2D eigenvalue weighted by molar-refractivity contribution is 7.89. The molecule has 0 aliphatic carbocycles. The van der Waals surface area contributed by atoms with Crippen molar-refractivity contribution in [2.24, 2.45) is 0 Å². The smallest absolute Gasteiger partial charge is 0.243 e. The molecule has 1 atom stereocenters. The maximum Gasteiger partial charge on any atom is 0.243 e. The zero-order valence-corrected chi connectivity index (χ0v) is 15.8. The summed E-state index contributed by atoms with van der Waals surface area (Å²) in [6, 6.07) is 6.38. The number of nitrogens with zero attached hydrogens (tertiary/aromatic N) is 4. The predicted molar refractivity (Wildman–Crippen MR) is 97.1 cm³/mol. The van der Waals surface area contributed by atoms with E-state index in [1.807, 2.05) is 19.0 Å². The van der Waals surface area contributed by atoms with Gasteiger partial charge in [-0.2, -0.15) is 9.29 Å². The molecular weight excluding hydrogens is 356 g/mol. The van der Waals surface area contributed by atoms with Gasteiger partial charge in [0.15, 0.2) is 5.82 Å². The average Bonchev–Trinajstić information content (AvgIpc) is 3.11. The molecule has 0 unspecified atom stereocenters. The second-order valence-corrected chi connectivity index (χ2v) is 8.11. The molecule has 0 spiro atoms. The van der Waals surface area contributed by atoms with Crippen molar-refractivity contribution in [2.45, 2.75) is 17.4 Å². The van der Waals surface area contributed by atoms with Crippen LogP contribution in [0.3, 0.4) is 0 Å². The number of aromatic nitrogens is 2. The molecule has 8 nitrogen and oxygen atoms in total. The van der Waals surface area contributed by atoms with E-state index in [2.05, 4.69) is 9.97 Å². The maximum atomic E-state index is 12.8. The highest BCUT2D eigenvalue weighted by Crippen LogP contribution is 2.25. The third-order valence-electron chi connectivity index (χ3n) is 4.15. The fourth-order valence-electron chi connectivity index (χ4n) is 2.69.